The monoisotopic (exact) mass is 266 g/mol. The Morgan fingerprint density at radius 1 is 1.57 bits per heavy atom. The molecule has 0 amide bonds. The highest BCUT2D eigenvalue weighted by Gasteiger charge is 2.04. The first kappa shape index (κ1) is 11.0. The van der Waals surface area contributed by atoms with Gasteiger partial charge in [0.15, 0.2) is 0 Å². The van der Waals surface area contributed by atoms with Crippen LogP contribution in [0.1, 0.15) is 16.7 Å². The average Bonchev–Trinajstić information content (AvgIpc) is 2.55. The smallest absolute Gasteiger partial charge is 0.131 e. The topological polar surface area (TPSA) is 47.6 Å². The Labute approximate surface area is 95.2 Å². The highest BCUT2D eigenvalue weighted by atomic mass is 79.9. The van der Waals surface area contributed by atoms with Crippen LogP contribution < -0.4 is 0 Å². The largest absolute Gasteiger partial charge is 0.192 e. The van der Waals surface area contributed by atoms with E-state index in [2.05, 4.69) is 22.9 Å². The van der Waals surface area contributed by atoms with Gasteiger partial charge in [0.25, 0.3) is 0 Å². The molecule has 2 nitrogen and oxygen atoms in total. The van der Waals surface area contributed by atoms with E-state index in [4.69, 9.17) is 10.5 Å². The van der Waals surface area contributed by atoms with Crippen molar-refractivity contribution in [1.82, 2.24) is 0 Å². The van der Waals surface area contributed by atoms with Crippen LogP contribution in [0.5, 0.6) is 0 Å². The lowest BCUT2D eigenvalue weighted by Gasteiger charge is -1.86. The van der Waals surface area contributed by atoms with Crippen LogP contribution in [0.15, 0.2) is 16.1 Å². The van der Waals surface area contributed by atoms with E-state index in [1.165, 1.54) is 4.88 Å². The molecule has 0 unspecified atom stereocenters. The molecule has 0 aliphatic heterocycles. The Morgan fingerprint density at radius 2 is 2.21 bits per heavy atom. The highest BCUT2D eigenvalue weighted by Crippen LogP contribution is 2.29. The van der Waals surface area contributed by atoms with Crippen molar-refractivity contribution < 1.29 is 0 Å². The molecule has 1 aromatic rings. The van der Waals surface area contributed by atoms with Gasteiger partial charge in [0.1, 0.15) is 17.7 Å². The van der Waals surface area contributed by atoms with E-state index in [9.17, 15) is 0 Å². The van der Waals surface area contributed by atoms with E-state index in [-0.39, 0.29) is 5.57 Å². The fraction of sp³-hybridized carbons (Fsp3) is 0.200. The van der Waals surface area contributed by atoms with Crippen molar-refractivity contribution in [3.63, 3.8) is 0 Å². The van der Waals surface area contributed by atoms with Crippen LogP contribution in [0.3, 0.4) is 0 Å². The summed E-state index contributed by atoms with van der Waals surface area (Å²) in [5, 5.41) is 17.1. The first-order valence-corrected chi connectivity index (χ1v) is 5.62. The van der Waals surface area contributed by atoms with Crippen LogP contribution >= 0.6 is 27.3 Å². The van der Waals surface area contributed by atoms with Crippen molar-refractivity contribution >= 4 is 33.3 Å². The van der Waals surface area contributed by atoms with Crippen molar-refractivity contribution in [2.24, 2.45) is 0 Å². The molecule has 0 atom stereocenters. The first-order chi connectivity index (χ1) is 6.71. The van der Waals surface area contributed by atoms with E-state index < -0.39 is 0 Å². The molecule has 0 saturated carbocycles. The molecular weight excluding hydrogens is 260 g/mol. The minimum atomic E-state index is 0.140. The van der Waals surface area contributed by atoms with Crippen LogP contribution in [-0.4, -0.2) is 0 Å². The minimum Gasteiger partial charge on any atom is -0.192 e. The second kappa shape index (κ2) is 4.95. The molecule has 0 saturated heterocycles. The number of thiophene rings is 1. The van der Waals surface area contributed by atoms with Crippen LogP contribution in [-0.2, 0) is 6.42 Å². The Hall–Kier alpha value is -1.10. The SMILES string of the molecule is CCc1sc(C=C(C#N)C#N)cc1Br. The summed E-state index contributed by atoms with van der Waals surface area (Å²) < 4.78 is 1.05. The number of allylic oxidation sites excluding steroid dienone is 1. The third kappa shape index (κ3) is 2.45. The normalized spacial score (nSPS) is 8.86. The van der Waals surface area contributed by atoms with Crippen molar-refractivity contribution in [2.45, 2.75) is 13.3 Å². The maximum atomic E-state index is 8.57. The van der Waals surface area contributed by atoms with Crippen molar-refractivity contribution in [1.29, 1.82) is 10.5 Å². The maximum absolute atomic E-state index is 8.57. The molecular formula is C10H7BrN2S. The quantitative estimate of drug-likeness (QED) is 0.770. The number of rotatable bonds is 2. The fourth-order valence-corrected chi connectivity index (χ4v) is 2.83. The summed E-state index contributed by atoms with van der Waals surface area (Å²) >= 11 is 5.02. The van der Waals surface area contributed by atoms with E-state index in [1.54, 1.807) is 17.4 Å². The number of halogens is 1. The minimum absolute atomic E-state index is 0.140. The number of nitriles is 2. The summed E-state index contributed by atoms with van der Waals surface area (Å²) in [6, 6.07) is 5.61. The number of aryl methyl sites for hydroxylation is 1. The number of hydrogen-bond acceptors (Lipinski definition) is 3. The maximum Gasteiger partial charge on any atom is 0.131 e. The summed E-state index contributed by atoms with van der Waals surface area (Å²) in [4.78, 5) is 2.17. The lowest BCUT2D eigenvalue weighted by Crippen LogP contribution is -1.69. The van der Waals surface area contributed by atoms with Gasteiger partial charge in [0, 0.05) is 14.2 Å². The predicted octanol–water partition coefficient (Wildman–Crippen LogP) is 3.50. The van der Waals surface area contributed by atoms with Crippen molar-refractivity contribution in [3.8, 4) is 12.1 Å². The third-order valence-corrected chi connectivity index (χ3v) is 3.82. The van der Waals surface area contributed by atoms with Gasteiger partial charge in [-0.25, -0.2) is 0 Å². The number of hydrogen-bond donors (Lipinski definition) is 0. The Balaban J connectivity index is 3.06. The molecule has 1 heterocycles. The van der Waals surface area contributed by atoms with E-state index >= 15 is 0 Å². The Kier molecular flexibility index (Phi) is 3.88. The molecule has 1 rings (SSSR count). The average molecular weight is 267 g/mol. The van der Waals surface area contributed by atoms with E-state index in [1.807, 2.05) is 18.2 Å². The van der Waals surface area contributed by atoms with Gasteiger partial charge in [0.2, 0.25) is 0 Å². The molecule has 1 aromatic heterocycles. The molecule has 4 heteroatoms. The van der Waals surface area contributed by atoms with Crippen LogP contribution in [0, 0.1) is 22.7 Å². The van der Waals surface area contributed by atoms with Gasteiger partial charge in [-0.2, -0.15) is 10.5 Å². The van der Waals surface area contributed by atoms with Crippen LogP contribution in [0.2, 0.25) is 0 Å². The second-order valence-corrected chi connectivity index (χ2v) is 4.58. The van der Waals surface area contributed by atoms with Crippen LogP contribution in [0.4, 0.5) is 0 Å². The van der Waals surface area contributed by atoms with Gasteiger partial charge < -0.3 is 0 Å². The van der Waals surface area contributed by atoms with Gasteiger partial charge >= 0.3 is 0 Å². The van der Waals surface area contributed by atoms with Gasteiger partial charge in [0.05, 0.1) is 0 Å². The van der Waals surface area contributed by atoms with E-state index in [0.29, 0.717) is 0 Å². The highest BCUT2D eigenvalue weighted by molar-refractivity contribution is 9.10. The number of nitrogens with zero attached hydrogens (tertiary/aromatic N) is 2. The van der Waals surface area contributed by atoms with E-state index in [0.717, 1.165) is 15.8 Å². The summed E-state index contributed by atoms with van der Waals surface area (Å²) in [5.41, 5.74) is 0.140. The van der Waals surface area contributed by atoms with Crippen molar-refractivity contribution in [2.75, 3.05) is 0 Å². The molecule has 0 aliphatic carbocycles. The Morgan fingerprint density at radius 3 is 2.64 bits per heavy atom. The zero-order valence-corrected chi connectivity index (χ0v) is 9.94. The molecule has 0 fully saturated rings. The molecule has 0 aromatic carbocycles. The molecule has 0 spiro atoms. The molecule has 0 aliphatic rings. The van der Waals surface area contributed by atoms with Gasteiger partial charge in [-0.1, -0.05) is 6.92 Å². The molecule has 0 N–H and O–H groups in total. The first-order valence-electron chi connectivity index (χ1n) is 4.01. The van der Waals surface area contributed by atoms with Gasteiger partial charge in [-0.3, -0.25) is 0 Å². The van der Waals surface area contributed by atoms with Gasteiger partial charge in [-0.05, 0) is 34.5 Å². The molecule has 70 valence electrons. The molecule has 14 heavy (non-hydrogen) atoms. The summed E-state index contributed by atoms with van der Waals surface area (Å²) in [5.74, 6) is 0. The van der Waals surface area contributed by atoms with Crippen LogP contribution in [0.25, 0.3) is 6.08 Å². The zero-order valence-electron chi connectivity index (χ0n) is 7.54. The summed E-state index contributed by atoms with van der Waals surface area (Å²) in [6.07, 6.45) is 2.56. The molecule has 0 bridgehead atoms. The summed E-state index contributed by atoms with van der Waals surface area (Å²) in [7, 11) is 0. The third-order valence-electron chi connectivity index (χ3n) is 1.63. The fourth-order valence-electron chi connectivity index (χ4n) is 0.970. The standard InChI is InChI=1S/C10H7BrN2S/c1-2-10-9(11)4-8(14-10)3-7(5-12)6-13/h3-4H,2H2,1H3. The lowest BCUT2D eigenvalue weighted by atomic mass is 10.3. The summed E-state index contributed by atoms with van der Waals surface area (Å²) in [6.45, 7) is 2.07. The lowest BCUT2D eigenvalue weighted by molar-refractivity contribution is 1.18. The van der Waals surface area contributed by atoms with Gasteiger partial charge in [-0.15, -0.1) is 11.3 Å². The Bertz CT molecular complexity index is 430. The predicted molar refractivity (Wildman–Crippen MR) is 60.6 cm³/mol. The zero-order chi connectivity index (χ0) is 10.6. The van der Waals surface area contributed by atoms with Crippen molar-refractivity contribution in [3.05, 3.63) is 25.9 Å². The second-order valence-electron chi connectivity index (χ2n) is 2.56. The molecule has 0 radical (unpaired) electrons.